The van der Waals surface area contributed by atoms with Crippen molar-refractivity contribution in [3.63, 3.8) is 0 Å². The average molecular weight is 250 g/mol. The Morgan fingerprint density at radius 1 is 1.62 bits per heavy atom. The van der Waals surface area contributed by atoms with Crippen LogP contribution in [0.25, 0.3) is 0 Å². The van der Waals surface area contributed by atoms with Crippen molar-refractivity contribution in [2.24, 2.45) is 0 Å². The number of sulfonamides is 1. The van der Waals surface area contributed by atoms with E-state index < -0.39 is 33.4 Å². The zero-order chi connectivity index (χ0) is 13.0. The number of carbonyl (C=O) groups is 1. The molecule has 0 aliphatic heterocycles. The molecule has 0 amide bonds. The standard InChI is InChI=1S/C8H14N2O5S/c1-3-6(4-9)16(14,15)10-5-8(2,13)7(11)12/h6,10,13H,3,5H2,1-2H3,(H,11,12). The quantitative estimate of drug-likeness (QED) is 0.557. The Morgan fingerprint density at radius 2 is 2.12 bits per heavy atom. The predicted molar refractivity (Wildman–Crippen MR) is 54.9 cm³/mol. The van der Waals surface area contributed by atoms with Crippen LogP contribution >= 0.6 is 0 Å². The summed E-state index contributed by atoms with van der Waals surface area (Å²) >= 11 is 0. The SMILES string of the molecule is CCC(C#N)S(=O)(=O)NCC(C)(O)C(=O)O. The van der Waals surface area contributed by atoms with E-state index in [1.807, 2.05) is 4.72 Å². The van der Waals surface area contributed by atoms with Gasteiger partial charge >= 0.3 is 5.97 Å². The van der Waals surface area contributed by atoms with Crippen LogP contribution in [0.5, 0.6) is 0 Å². The molecule has 8 heteroatoms. The van der Waals surface area contributed by atoms with Crippen molar-refractivity contribution in [2.75, 3.05) is 6.54 Å². The molecule has 7 nitrogen and oxygen atoms in total. The lowest BCUT2D eigenvalue weighted by molar-refractivity contribution is -0.155. The van der Waals surface area contributed by atoms with E-state index in [4.69, 9.17) is 10.4 Å². The zero-order valence-electron chi connectivity index (χ0n) is 8.97. The second-order valence-electron chi connectivity index (χ2n) is 3.47. The molecule has 92 valence electrons. The zero-order valence-corrected chi connectivity index (χ0v) is 9.78. The summed E-state index contributed by atoms with van der Waals surface area (Å²) < 4.78 is 24.8. The van der Waals surface area contributed by atoms with Crippen LogP contribution in [0.3, 0.4) is 0 Å². The van der Waals surface area contributed by atoms with Crippen LogP contribution in [0.1, 0.15) is 20.3 Å². The highest BCUT2D eigenvalue weighted by Gasteiger charge is 2.33. The summed E-state index contributed by atoms with van der Waals surface area (Å²) in [5.41, 5.74) is -2.19. The molecule has 0 heterocycles. The van der Waals surface area contributed by atoms with Gasteiger partial charge in [0.1, 0.15) is 0 Å². The van der Waals surface area contributed by atoms with Gasteiger partial charge in [-0.25, -0.2) is 17.9 Å². The summed E-state index contributed by atoms with van der Waals surface area (Å²) in [7, 11) is -3.92. The minimum Gasteiger partial charge on any atom is -0.479 e. The van der Waals surface area contributed by atoms with Gasteiger partial charge in [-0.3, -0.25) is 0 Å². The fourth-order valence-electron chi connectivity index (χ4n) is 0.797. The van der Waals surface area contributed by atoms with Gasteiger partial charge in [0.2, 0.25) is 10.0 Å². The van der Waals surface area contributed by atoms with E-state index in [1.54, 1.807) is 6.07 Å². The predicted octanol–water partition coefficient (Wildman–Crippen LogP) is -0.956. The molecule has 2 unspecified atom stereocenters. The fraction of sp³-hybridized carbons (Fsp3) is 0.750. The van der Waals surface area contributed by atoms with Gasteiger partial charge in [-0.05, 0) is 13.3 Å². The second-order valence-corrected chi connectivity index (χ2v) is 5.42. The number of carboxylic acids is 1. The molecule has 0 aromatic carbocycles. The molecule has 0 aliphatic carbocycles. The van der Waals surface area contributed by atoms with Crippen molar-refractivity contribution < 1.29 is 23.4 Å². The molecule has 0 aromatic rings. The molecule has 0 rings (SSSR count). The maximum Gasteiger partial charge on any atom is 0.336 e. The molecular weight excluding hydrogens is 236 g/mol. The third kappa shape index (κ3) is 3.77. The first-order valence-electron chi connectivity index (χ1n) is 4.51. The highest BCUT2D eigenvalue weighted by molar-refractivity contribution is 7.90. The molecule has 0 saturated carbocycles. The number of hydrogen-bond donors (Lipinski definition) is 3. The van der Waals surface area contributed by atoms with E-state index in [-0.39, 0.29) is 6.42 Å². The number of aliphatic carboxylic acids is 1. The maximum absolute atomic E-state index is 11.4. The van der Waals surface area contributed by atoms with E-state index in [2.05, 4.69) is 0 Å². The average Bonchev–Trinajstić information content (AvgIpc) is 2.16. The number of rotatable bonds is 6. The lowest BCUT2D eigenvalue weighted by Gasteiger charge is -2.19. The molecule has 0 saturated heterocycles. The molecule has 0 spiro atoms. The number of nitriles is 1. The second kappa shape index (κ2) is 5.25. The van der Waals surface area contributed by atoms with Crippen LogP contribution in [-0.2, 0) is 14.8 Å². The van der Waals surface area contributed by atoms with Gasteiger partial charge in [-0.1, -0.05) is 6.92 Å². The molecule has 2 atom stereocenters. The lowest BCUT2D eigenvalue weighted by atomic mass is 10.1. The van der Waals surface area contributed by atoms with E-state index in [0.29, 0.717) is 0 Å². The Labute approximate surface area is 93.7 Å². The Hall–Kier alpha value is -1.17. The maximum atomic E-state index is 11.4. The first-order valence-corrected chi connectivity index (χ1v) is 6.06. The van der Waals surface area contributed by atoms with Crippen LogP contribution < -0.4 is 4.72 Å². The number of hydrogen-bond acceptors (Lipinski definition) is 5. The van der Waals surface area contributed by atoms with Gasteiger partial charge in [0.05, 0.1) is 6.07 Å². The van der Waals surface area contributed by atoms with Crippen LogP contribution in [0.4, 0.5) is 0 Å². The molecule has 0 aromatic heterocycles. The summed E-state index contributed by atoms with van der Waals surface area (Å²) in [4.78, 5) is 10.5. The van der Waals surface area contributed by atoms with Crippen molar-refractivity contribution in [1.29, 1.82) is 5.26 Å². The van der Waals surface area contributed by atoms with E-state index in [9.17, 15) is 18.3 Å². The molecule has 0 radical (unpaired) electrons. The smallest absolute Gasteiger partial charge is 0.336 e. The molecule has 0 aliphatic rings. The Balaban J connectivity index is 4.66. The minimum atomic E-state index is -3.92. The molecule has 3 N–H and O–H groups in total. The number of aliphatic hydroxyl groups is 1. The van der Waals surface area contributed by atoms with Gasteiger partial charge in [-0.15, -0.1) is 0 Å². The van der Waals surface area contributed by atoms with Gasteiger partial charge < -0.3 is 10.2 Å². The summed E-state index contributed by atoms with van der Waals surface area (Å²) in [6.45, 7) is 1.80. The first-order chi connectivity index (χ1) is 7.17. The van der Waals surface area contributed by atoms with Crippen molar-refractivity contribution >= 4 is 16.0 Å². The highest BCUT2D eigenvalue weighted by Crippen LogP contribution is 2.06. The molecule has 0 bridgehead atoms. The van der Waals surface area contributed by atoms with Crippen molar-refractivity contribution in [3.05, 3.63) is 0 Å². The lowest BCUT2D eigenvalue weighted by Crippen LogP contribution is -2.48. The summed E-state index contributed by atoms with van der Waals surface area (Å²) in [5.74, 6) is -1.54. The third-order valence-electron chi connectivity index (χ3n) is 1.97. The summed E-state index contributed by atoms with van der Waals surface area (Å²) in [5, 5.41) is 25.1. The number of nitrogens with zero attached hydrogens (tertiary/aromatic N) is 1. The third-order valence-corrected chi connectivity index (χ3v) is 3.70. The van der Waals surface area contributed by atoms with E-state index in [1.165, 1.54) is 6.92 Å². The Morgan fingerprint density at radius 3 is 2.44 bits per heavy atom. The molecule has 0 fully saturated rings. The van der Waals surface area contributed by atoms with E-state index >= 15 is 0 Å². The minimum absolute atomic E-state index is 0.0844. The highest BCUT2D eigenvalue weighted by atomic mass is 32.2. The largest absolute Gasteiger partial charge is 0.479 e. The van der Waals surface area contributed by atoms with Gasteiger partial charge in [0.15, 0.2) is 10.9 Å². The first kappa shape index (κ1) is 14.8. The Bertz CT molecular complexity index is 395. The molecule has 16 heavy (non-hydrogen) atoms. The van der Waals surface area contributed by atoms with Crippen LogP contribution in [0.15, 0.2) is 0 Å². The summed E-state index contributed by atoms with van der Waals surface area (Å²) in [6.07, 6.45) is 0.0844. The van der Waals surface area contributed by atoms with Gasteiger partial charge in [0, 0.05) is 6.54 Å². The fourth-order valence-corrected chi connectivity index (χ4v) is 2.06. The van der Waals surface area contributed by atoms with Crippen LogP contribution in [0.2, 0.25) is 0 Å². The summed E-state index contributed by atoms with van der Waals surface area (Å²) in [6, 6.07) is 1.58. The van der Waals surface area contributed by atoms with E-state index in [0.717, 1.165) is 6.92 Å². The van der Waals surface area contributed by atoms with Crippen LogP contribution in [0, 0.1) is 11.3 Å². The normalized spacial score (nSPS) is 17.1. The monoisotopic (exact) mass is 250 g/mol. The number of nitrogens with one attached hydrogen (secondary N) is 1. The van der Waals surface area contributed by atoms with Gasteiger partial charge in [-0.2, -0.15) is 5.26 Å². The topological polar surface area (TPSA) is 127 Å². The Kier molecular flexibility index (Phi) is 4.86. The van der Waals surface area contributed by atoms with Crippen molar-refractivity contribution in [1.82, 2.24) is 4.72 Å². The van der Waals surface area contributed by atoms with Crippen molar-refractivity contribution in [2.45, 2.75) is 31.1 Å². The van der Waals surface area contributed by atoms with Crippen molar-refractivity contribution in [3.8, 4) is 6.07 Å². The van der Waals surface area contributed by atoms with Gasteiger partial charge in [0.25, 0.3) is 0 Å². The molecular formula is C8H14N2O5S. The van der Waals surface area contributed by atoms with Crippen LogP contribution in [-0.4, -0.2) is 42.0 Å². The number of carboxylic acid groups (broad SMARTS) is 1.